The third kappa shape index (κ3) is 4.15. The molecule has 0 spiro atoms. The first kappa shape index (κ1) is 19.5. The van der Waals surface area contributed by atoms with Crippen molar-refractivity contribution < 1.29 is 18.8 Å². The lowest BCUT2D eigenvalue weighted by atomic mass is 10.2. The van der Waals surface area contributed by atoms with E-state index in [9.17, 15) is 14.4 Å². The van der Waals surface area contributed by atoms with Crippen LogP contribution in [0.25, 0.3) is 0 Å². The number of furan rings is 1. The number of benzene rings is 1. The second-order valence-corrected chi connectivity index (χ2v) is 7.95. The molecule has 1 saturated heterocycles. The molecule has 1 aliphatic carbocycles. The van der Waals surface area contributed by atoms with E-state index in [1.54, 1.807) is 29.2 Å². The minimum atomic E-state index is -0.302. The first-order chi connectivity index (χ1) is 13.9. The Kier molecular flexibility index (Phi) is 5.32. The van der Waals surface area contributed by atoms with Gasteiger partial charge in [-0.05, 0) is 55.5 Å². The van der Waals surface area contributed by atoms with Crippen molar-refractivity contribution >= 4 is 35.0 Å². The molecule has 0 unspecified atom stereocenters. The number of carbonyl (C=O) groups is 3. The number of halogens is 1. The summed E-state index contributed by atoms with van der Waals surface area (Å²) in [4.78, 5) is 42.7. The Balaban J connectivity index is 1.46. The molecule has 2 fully saturated rings. The molecule has 0 atom stereocenters. The van der Waals surface area contributed by atoms with Crippen LogP contribution in [-0.4, -0.2) is 53.8 Å². The van der Waals surface area contributed by atoms with Gasteiger partial charge in [-0.3, -0.25) is 19.3 Å². The quantitative estimate of drug-likeness (QED) is 0.727. The van der Waals surface area contributed by atoms with Crippen molar-refractivity contribution in [1.82, 2.24) is 9.80 Å². The zero-order valence-electron chi connectivity index (χ0n) is 16.1. The van der Waals surface area contributed by atoms with E-state index in [0.29, 0.717) is 23.2 Å². The van der Waals surface area contributed by atoms with Crippen LogP contribution >= 0.6 is 11.6 Å². The van der Waals surface area contributed by atoms with Gasteiger partial charge < -0.3 is 14.2 Å². The van der Waals surface area contributed by atoms with Gasteiger partial charge in [-0.25, -0.2) is 0 Å². The van der Waals surface area contributed by atoms with Crippen LogP contribution in [0.2, 0.25) is 5.02 Å². The predicted molar refractivity (Wildman–Crippen MR) is 108 cm³/mol. The summed E-state index contributed by atoms with van der Waals surface area (Å²) >= 11 is 6.17. The van der Waals surface area contributed by atoms with Gasteiger partial charge in [0, 0.05) is 17.3 Å². The molecule has 2 aromatic rings. The lowest BCUT2D eigenvalue weighted by molar-refractivity contribution is -0.132. The molecule has 152 valence electrons. The van der Waals surface area contributed by atoms with Crippen LogP contribution in [0.15, 0.2) is 41.0 Å². The zero-order valence-corrected chi connectivity index (χ0v) is 16.9. The van der Waals surface area contributed by atoms with Gasteiger partial charge in [0.15, 0.2) is 5.76 Å². The summed E-state index contributed by atoms with van der Waals surface area (Å²) in [5, 5.41) is 0.569. The Morgan fingerprint density at radius 1 is 1.24 bits per heavy atom. The number of hydrogen-bond acceptors (Lipinski definition) is 4. The Morgan fingerprint density at radius 3 is 2.72 bits per heavy atom. The summed E-state index contributed by atoms with van der Waals surface area (Å²) in [6.07, 6.45) is 3.55. The molecule has 3 amide bonds. The van der Waals surface area contributed by atoms with Crippen LogP contribution in [0, 0.1) is 12.8 Å². The Bertz CT molecular complexity index is 939. The second-order valence-electron chi connectivity index (χ2n) is 7.55. The molecular formula is C21H22ClN3O4. The molecule has 1 aromatic heterocycles. The van der Waals surface area contributed by atoms with E-state index < -0.39 is 0 Å². The van der Waals surface area contributed by atoms with Gasteiger partial charge in [0.05, 0.1) is 6.26 Å². The highest BCUT2D eigenvalue weighted by Crippen LogP contribution is 2.31. The predicted octanol–water partition coefficient (Wildman–Crippen LogP) is 2.93. The van der Waals surface area contributed by atoms with Gasteiger partial charge in [-0.2, -0.15) is 0 Å². The van der Waals surface area contributed by atoms with Gasteiger partial charge in [-0.1, -0.05) is 17.7 Å². The van der Waals surface area contributed by atoms with Crippen LogP contribution in [0.4, 0.5) is 5.69 Å². The van der Waals surface area contributed by atoms with Crippen molar-refractivity contribution in [3.63, 3.8) is 0 Å². The van der Waals surface area contributed by atoms with Crippen LogP contribution in [0.3, 0.4) is 0 Å². The molecule has 1 aliphatic heterocycles. The second kappa shape index (κ2) is 7.91. The Hall–Kier alpha value is -2.80. The average molecular weight is 416 g/mol. The number of anilines is 1. The van der Waals surface area contributed by atoms with E-state index in [2.05, 4.69) is 0 Å². The molecule has 7 nitrogen and oxygen atoms in total. The van der Waals surface area contributed by atoms with Gasteiger partial charge in [-0.15, -0.1) is 0 Å². The minimum absolute atomic E-state index is 0.0169. The summed E-state index contributed by atoms with van der Waals surface area (Å²) in [5.74, 6) is -0.0983. The van der Waals surface area contributed by atoms with Gasteiger partial charge in [0.25, 0.3) is 5.91 Å². The summed E-state index contributed by atoms with van der Waals surface area (Å²) in [6, 6.07) is 8.60. The van der Waals surface area contributed by atoms with Crippen molar-refractivity contribution in [1.29, 1.82) is 0 Å². The Labute approximate surface area is 173 Å². The molecule has 4 rings (SSSR count). The molecule has 0 bridgehead atoms. The standard InChI is InChI=1S/C21H22ClN3O4/c1-14-16(22)4-2-5-17(14)25-13-24(12-20(25)27)19(26)11-23(10-15-7-8-15)21(28)18-6-3-9-29-18/h2-6,9,15H,7-8,10-13H2,1H3. The van der Waals surface area contributed by atoms with Crippen molar-refractivity contribution in [3.8, 4) is 0 Å². The Morgan fingerprint density at radius 2 is 2.03 bits per heavy atom. The lowest BCUT2D eigenvalue weighted by Gasteiger charge is -2.24. The topological polar surface area (TPSA) is 74.1 Å². The van der Waals surface area contributed by atoms with E-state index in [1.165, 1.54) is 16.1 Å². The molecular weight excluding hydrogens is 394 g/mol. The highest BCUT2D eigenvalue weighted by Gasteiger charge is 2.35. The molecule has 29 heavy (non-hydrogen) atoms. The third-order valence-electron chi connectivity index (χ3n) is 5.34. The number of carbonyl (C=O) groups excluding carboxylic acids is 3. The van der Waals surface area contributed by atoms with E-state index in [-0.39, 0.29) is 43.2 Å². The number of nitrogens with zero attached hydrogens (tertiary/aromatic N) is 3. The highest BCUT2D eigenvalue weighted by atomic mass is 35.5. The van der Waals surface area contributed by atoms with Crippen LogP contribution in [0.5, 0.6) is 0 Å². The van der Waals surface area contributed by atoms with E-state index >= 15 is 0 Å². The number of rotatable bonds is 6. The van der Waals surface area contributed by atoms with E-state index in [0.717, 1.165) is 18.4 Å². The summed E-state index contributed by atoms with van der Waals surface area (Å²) in [7, 11) is 0. The minimum Gasteiger partial charge on any atom is -0.459 e. The van der Waals surface area contributed by atoms with E-state index in [1.807, 2.05) is 13.0 Å². The third-order valence-corrected chi connectivity index (χ3v) is 5.75. The first-order valence-electron chi connectivity index (χ1n) is 9.60. The summed E-state index contributed by atoms with van der Waals surface area (Å²) < 4.78 is 5.21. The maximum Gasteiger partial charge on any atom is 0.290 e. The SMILES string of the molecule is Cc1c(Cl)cccc1N1CN(C(=O)CN(CC2CC2)C(=O)c2ccco2)CC1=O. The zero-order chi connectivity index (χ0) is 20.5. The van der Waals surface area contributed by atoms with Crippen molar-refractivity contribution in [3.05, 3.63) is 52.9 Å². The van der Waals surface area contributed by atoms with Crippen LogP contribution < -0.4 is 4.90 Å². The maximum atomic E-state index is 12.9. The number of hydrogen-bond donors (Lipinski definition) is 0. The molecule has 1 aromatic carbocycles. The van der Waals surface area contributed by atoms with Crippen molar-refractivity contribution in [2.24, 2.45) is 5.92 Å². The van der Waals surface area contributed by atoms with Crippen molar-refractivity contribution in [2.45, 2.75) is 19.8 Å². The van der Waals surface area contributed by atoms with Gasteiger partial charge >= 0.3 is 0 Å². The molecule has 1 saturated carbocycles. The first-order valence-corrected chi connectivity index (χ1v) is 9.98. The van der Waals surface area contributed by atoms with Crippen LogP contribution in [0.1, 0.15) is 29.0 Å². The summed E-state index contributed by atoms with van der Waals surface area (Å²) in [5.41, 5.74) is 1.49. The largest absolute Gasteiger partial charge is 0.459 e. The van der Waals surface area contributed by atoms with E-state index in [4.69, 9.17) is 16.0 Å². The maximum absolute atomic E-state index is 12.9. The monoisotopic (exact) mass is 415 g/mol. The lowest BCUT2D eigenvalue weighted by Crippen LogP contribution is -2.43. The summed E-state index contributed by atoms with van der Waals surface area (Å²) in [6.45, 7) is 2.41. The highest BCUT2D eigenvalue weighted by molar-refractivity contribution is 6.31. The average Bonchev–Trinajstić information content (AvgIpc) is 3.18. The van der Waals surface area contributed by atoms with Crippen molar-refractivity contribution in [2.75, 3.05) is 31.2 Å². The normalized spacial score (nSPS) is 16.4. The molecule has 8 heteroatoms. The fourth-order valence-electron chi connectivity index (χ4n) is 3.46. The fraction of sp³-hybridized carbons (Fsp3) is 0.381. The molecule has 2 aliphatic rings. The number of amides is 3. The molecule has 0 radical (unpaired) electrons. The van der Waals surface area contributed by atoms with Gasteiger partial charge in [0.1, 0.15) is 19.8 Å². The molecule has 0 N–H and O–H groups in total. The van der Waals surface area contributed by atoms with Crippen LogP contribution in [-0.2, 0) is 9.59 Å². The fourth-order valence-corrected chi connectivity index (χ4v) is 3.63. The van der Waals surface area contributed by atoms with Gasteiger partial charge in [0.2, 0.25) is 11.8 Å². The smallest absolute Gasteiger partial charge is 0.290 e. The molecule has 2 heterocycles.